The van der Waals surface area contributed by atoms with Crippen LogP contribution >= 0.6 is 0 Å². The molecule has 0 bridgehead atoms. The van der Waals surface area contributed by atoms with Crippen LogP contribution in [-0.4, -0.2) is 6.88 Å². The van der Waals surface area contributed by atoms with Crippen molar-refractivity contribution in [2.45, 2.75) is 77.5 Å². The van der Waals surface area contributed by atoms with Gasteiger partial charge >= 0.3 is 238 Å². The number of allylic oxidation sites excluding steroid dienone is 8. The van der Waals surface area contributed by atoms with Crippen LogP contribution in [0.15, 0.2) is 89.5 Å². The average molecular weight is 644 g/mol. The zero-order chi connectivity index (χ0) is 30.1. The molecule has 0 radical (unpaired) electrons. The summed E-state index contributed by atoms with van der Waals surface area (Å²) in [5.41, 5.74) is 4.51. The van der Waals surface area contributed by atoms with Gasteiger partial charge in [-0.2, -0.15) is 0 Å². The van der Waals surface area contributed by atoms with Crippen LogP contribution in [0.3, 0.4) is 0 Å². The van der Waals surface area contributed by atoms with Crippen molar-refractivity contribution in [3.05, 3.63) is 101 Å². The predicted molar refractivity (Wildman–Crippen MR) is 164 cm³/mol. The van der Waals surface area contributed by atoms with Gasteiger partial charge in [0.15, 0.2) is 0 Å². The van der Waals surface area contributed by atoms with Gasteiger partial charge in [-0.3, -0.25) is 0 Å². The normalized spacial score (nSPS) is 19.4. The summed E-state index contributed by atoms with van der Waals surface area (Å²) in [6.45, 7) is 19.6. The van der Waals surface area contributed by atoms with Gasteiger partial charge in [0.05, 0.1) is 0 Å². The second kappa shape index (κ2) is 8.51. The maximum absolute atomic E-state index is 14.2. The first-order valence-corrected chi connectivity index (χ1v) is 29.6. The molecule has 2 aliphatic carbocycles. The van der Waals surface area contributed by atoms with E-state index in [0.717, 1.165) is 0 Å². The van der Waals surface area contributed by atoms with E-state index in [1.165, 1.54) is 53.1 Å². The molecule has 0 atom stereocenters. The Morgan fingerprint density at radius 2 is 0.925 bits per heavy atom. The van der Waals surface area contributed by atoms with Crippen LogP contribution in [0.4, 0.5) is 8.78 Å². The molecule has 216 valence electrons. The molecule has 0 unspecified atom stereocenters. The molecule has 4 rings (SSSR count). The van der Waals surface area contributed by atoms with Gasteiger partial charge in [0.25, 0.3) is 0 Å². The molecule has 0 saturated carbocycles. The summed E-state index contributed by atoms with van der Waals surface area (Å²) in [4.78, 5) is 0. The summed E-state index contributed by atoms with van der Waals surface area (Å²) in [5.74, 6) is 0.463. The molecule has 2 aliphatic rings. The molecular formula is C34H46F2O2SiZr. The van der Waals surface area contributed by atoms with E-state index in [2.05, 4.69) is 76.8 Å². The molecule has 0 spiro atoms. The van der Waals surface area contributed by atoms with Crippen molar-refractivity contribution < 1.29 is 29.7 Å². The van der Waals surface area contributed by atoms with E-state index >= 15 is 0 Å². The van der Waals surface area contributed by atoms with Gasteiger partial charge in [-0.05, 0) is 0 Å². The predicted octanol–water partition coefficient (Wildman–Crippen LogP) is 9.96. The molecule has 0 aromatic heterocycles. The fourth-order valence-electron chi connectivity index (χ4n) is 7.08. The van der Waals surface area contributed by atoms with Gasteiger partial charge < -0.3 is 0 Å². The second-order valence-electron chi connectivity index (χ2n) is 16.0. The number of hydrogen-bond acceptors (Lipinski definition) is 2. The van der Waals surface area contributed by atoms with Crippen molar-refractivity contribution >= 4 is 6.88 Å². The van der Waals surface area contributed by atoms with Crippen molar-refractivity contribution in [1.29, 1.82) is 0 Å². The topological polar surface area (TPSA) is 18.5 Å². The van der Waals surface area contributed by atoms with E-state index < -0.39 is 15.3 Å². The van der Waals surface area contributed by atoms with Crippen LogP contribution in [0.25, 0.3) is 0 Å². The Hall–Kier alpha value is -2.04. The van der Waals surface area contributed by atoms with E-state index in [-0.39, 0.29) is 22.5 Å². The quantitative estimate of drug-likeness (QED) is 0.292. The first kappa shape index (κ1) is 30.9. The van der Waals surface area contributed by atoms with Crippen molar-refractivity contribution in [2.24, 2.45) is 10.8 Å². The van der Waals surface area contributed by atoms with Crippen molar-refractivity contribution in [3.8, 4) is 11.5 Å². The molecule has 2 nitrogen and oxygen atoms in total. The van der Waals surface area contributed by atoms with Crippen LogP contribution in [-0.2, 0) is 15.3 Å². The third-order valence-corrected chi connectivity index (χ3v) is 35.3. The van der Waals surface area contributed by atoms with Crippen LogP contribution in [0.1, 0.15) is 68.2 Å². The SMILES string of the molecule is CC1=CC(C(C)(C)C)=[C]([Zr]([CH3])([CH3])(=[SiH2])([O]c2ccc(F)cc2)([O]c2ccc(F)cc2)[C]2=C(C(C)(C)C)C=C(C)C2)C1. The summed E-state index contributed by atoms with van der Waals surface area (Å²) in [6.07, 6.45) is 6.01. The standard InChI is InChI=1S/2C10H15.2C6H5FO.2CH3.H2Si.Zr/c2*1-8-5-6-9(7-8)10(2,3)4;2*7-5-1-3-6(8)4-2-5;;;;/h2*7H,5H2,1-4H3;2*1-4,8H;2*1H3;1H2;/q;;;;;;;+2/p-2. The molecule has 2 aromatic rings. The van der Waals surface area contributed by atoms with Crippen molar-refractivity contribution in [3.63, 3.8) is 0 Å². The maximum atomic E-state index is 14.2. The van der Waals surface area contributed by atoms with Crippen molar-refractivity contribution in [1.82, 2.24) is 0 Å². The third kappa shape index (κ3) is 4.98. The molecule has 40 heavy (non-hydrogen) atoms. The number of benzene rings is 2. The minimum absolute atomic E-state index is 0.202. The Morgan fingerprint density at radius 3 is 1.20 bits per heavy atom. The zero-order valence-electron chi connectivity index (χ0n) is 26.0. The Kier molecular flexibility index (Phi) is 6.57. The second-order valence-corrected chi connectivity index (χ2v) is 57.0. The Balaban J connectivity index is 2.31. The summed E-state index contributed by atoms with van der Waals surface area (Å²) in [7, 11) is 0. The third-order valence-electron chi connectivity index (χ3n) is 9.09. The van der Waals surface area contributed by atoms with Gasteiger partial charge in [0.1, 0.15) is 0 Å². The van der Waals surface area contributed by atoms with Gasteiger partial charge in [-0.15, -0.1) is 0 Å². The monoisotopic (exact) mass is 642 g/mol. The number of halogens is 2. The molecule has 0 fully saturated rings. The average Bonchev–Trinajstić information content (AvgIpc) is 3.42. The van der Waals surface area contributed by atoms with E-state index in [9.17, 15) is 8.78 Å². The van der Waals surface area contributed by atoms with E-state index in [1.807, 2.05) is 6.88 Å². The summed E-state index contributed by atoms with van der Waals surface area (Å²) < 4.78 is 50.7. The number of rotatable bonds is 6. The van der Waals surface area contributed by atoms with Gasteiger partial charge in [0.2, 0.25) is 0 Å². The molecule has 6 heteroatoms. The van der Waals surface area contributed by atoms with Crippen LogP contribution in [0.2, 0.25) is 9.26 Å². The molecule has 0 saturated heterocycles. The Labute approximate surface area is 236 Å². The Morgan fingerprint density at radius 1 is 0.625 bits per heavy atom. The summed E-state index contributed by atoms with van der Waals surface area (Å²) in [6, 6.07) is 12.6. The van der Waals surface area contributed by atoms with E-state index in [0.29, 0.717) is 24.3 Å². The van der Waals surface area contributed by atoms with Crippen LogP contribution in [0, 0.1) is 22.5 Å². The zero-order valence-corrected chi connectivity index (χ0v) is 29.8. The summed E-state index contributed by atoms with van der Waals surface area (Å²) >= 11 is -6.54. The van der Waals surface area contributed by atoms with Gasteiger partial charge in [-0.25, -0.2) is 0 Å². The first-order chi connectivity index (χ1) is 18.0. The van der Waals surface area contributed by atoms with Crippen LogP contribution < -0.4 is 5.63 Å². The fraction of sp³-hybridized carbons (Fsp3) is 0.412. The van der Waals surface area contributed by atoms with Crippen LogP contribution in [0.5, 0.6) is 11.5 Å². The molecule has 0 amide bonds. The molecule has 2 aromatic carbocycles. The molecule has 0 N–H and O–H groups in total. The number of hydrogen-bond donors (Lipinski definition) is 0. The van der Waals surface area contributed by atoms with Gasteiger partial charge in [-0.1, -0.05) is 0 Å². The van der Waals surface area contributed by atoms with Gasteiger partial charge in [0, 0.05) is 0 Å². The fourth-order valence-corrected chi connectivity index (χ4v) is 32.8. The Bertz CT molecular complexity index is 1530. The minimum atomic E-state index is -6.54. The van der Waals surface area contributed by atoms with E-state index in [1.54, 1.807) is 24.3 Å². The first-order valence-electron chi connectivity index (χ1n) is 14.3. The molecule has 0 heterocycles. The molecule has 0 aliphatic heterocycles. The summed E-state index contributed by atoms with van der Waals surface area (Å²) in [5, 5.41) is 0. The molecular weight excluding hydrogens is 598 g/mol. The van der Waals surface area contributed by atoms with Crippen molar-refractivity contribution in [2.75, 3.05) is 0 Å². The van der Waals surface area contributed by atoms with E-state index in [4.69, 9.17) is 5.63 Å².